The smallest absolute Gasteiger partial charge is 0.203 e. The van der Waals surface area contributed by atoms with Gasteiger partial charge in [0, 0.05) is 11.9 Å². The monoisotopic (exact) mass is 267 g/mol. The van der Waals surface area contributed by atoms with Gasteiger partial charge in [0.2, 0.25) is 5.96 Å². The fourth-order valence-electron chi connectivity index (χ4n) is 2.52. The number of para-hydroxylation sites is 1. The van der Waals surface area contributed by atoms with E-state index in [0.717, 1.165) is 19.0 Å². The van der Waals surface area contributed by atoms with Gasteiger partial charge < -0.3 is 5.32 Å². The van der Waals surface area contributed by atoms with Crippen LogP contribution in [0.2, 0.25) is 0 Å². The summed E-state index contributed by atoms with van der Waals surface area (Å²) in [7, 11) is 0. The SMILES string of the molecule is c1csc(-c2cc3ccccc3n2C2=NCCN2)c1. The van der Waals surface area contributed by atoms with Crippen molar-refractivity contribution in [2.24, 2.45) is 4.99 Å². The molecule has 3 heterocycles. The molecular weight excluding hydrogens is 254 g/mol. The lowest BCUT2D eigenvalue weighted by Gasteiger charge is -2.09. The Morgan fingerprint density at radius 1 is 1.16 bits per heavy atom. The molecule has 1 aromatic carbocycles. The molecule has 0 bridgehead atoms. The zero-order valence-electron chi connectivity index (χ0n) is 10.3. The van der Waals surface area contributed by atoms with Crippen LogP contribution in [-0.4, -0.2) is 23.6 Å². The highest BCUT2D eigenvalue weighted by molar-refractivity contribution is 7.13. The summed E-state index contributed by atoms with van der Waals surface area (Å²) in [5.41, 5.74) is 2.42. The van der Waals surface area contributed by atoms with Crippen molar-refractivity contribution in [3.8, 4) is 10.6 Å². The first-order chi connectivity index (χ1) is 9.43. The van der Waals surface area contributed by atoms with E-state index in [9.17, 15) is 0 Å². The molecule has 1 N–H and O–H groups in total. The molecule has 4 heteroatoms. The van der Waals surface area contributed by atoms with Crippen LogP contribution in [0.1, 0.15) is 0 Å². The van der Waals surface area contributed by atoms with Crippen molar-refractivity contribution < 1.29 is 0 Å². The molecular formula is C15H13N3S. The van der Waals surface area contributed by atoms with Gasteiger partial charge in [-0.2, -0.15) is 0 Å². The average molecular weight is 267 g/mol. The molecule has 0 spiro atoms. The van der Waals surface area contributed by atoms with E-state index in [0.29, 0.717) is 0 Å². The highest BCUT2D eigenvalue weighted by Crippen LogP contribution is 2.31. The number of hydrogen-bond acceptors (Lipinski definition) is 3. The largest absolute Gasteiger partial charge is 0.354 e. The van der Waals surface area contributed by atoms with Crippen molar-refractivity contribution in [2.75, 3.05) is 13.1 Å². The molecule has 0 atom stereocenters. The maximum Gasteiger partial charge on any atom is 0.203 e. The molecule has 0 unspecified atom stereocenters. The number of rotatable bonds is 1. The lowest BCUT2D eigenvalue weighted by Crippen LogP contribution is -2.26. The Labute approximate surface area is 115 Å². The van der Waals surface area contributed by atoms with Crippen molar-refractivity contribution in [1.82, 2.24) is 9.88 Å². The summed E-state index contributed by atoms with van der Waals surface area (Å²) in [6.45, 7) is 1.78. The second-order valence-electron chi connectivity index (χ2n) is 4.53. The van der Waals surface area contributed by atoms with Gasteiger partial charge >= 0.3 is 0 Å². The van der Waals surface area contributed by atoms with Crippen molar-refractivity contribution in [3.05, 3.63) is 47.8 Å². The molecule has 0 radical (unpaired) electrons. The van der Waals surface area contributed by atoms with E-state index in [1.165, 1.54) is 21.5 Å². The first-order valence-electron chi connectivity index (χ1n) is 6.36. The Kier molecular flexibility index (Phi) is 2.42. The van der Waals surface area contributed by atoms with Crippen LogP contribution in [0, 0.1) is 0 Å². The predicted octanol–water partition coefficient (Wildman–Crippen LogP) is 3.18. The van der Waals surface area contributed by atoms with Crippen LogP contribution in [0.25, 0.3) is 21.5 Å². The number of nitrogens with one attached hydrogen (secondary N) is 1. The zero-order valence-corrected chi connectivity index (χ0v) is 11.2. The second-order valence-corrected chi connectivity index (χ2v) is 5.48. The number of aromatic nitrogens is 1. The summed E-state index contributed by atoms with van der Waals surface area (Å²) in [4.78, 5) is 5.84. The van der Waals surface area contributed by atoms with Gasteiger partial charge in [-0.15, -0.1) is 11.3 Å². The lowest BCUT2D eigenvalue weighted by atomic mass is 10.2. The predicted molar refractivity (Wildman–Crippen MR) is 81.0 cm³/mol. The third-order valence-electron chi connectivity index (χ3n) is 3.35. The number of aliphatic imine (C=N–C) groups is 1. The third kappa shape index (κ3) is 1.68. The van der Waals surface area contributed by atoms with E-state index < -0.39 is 0 Å². The molecule has 94 valence electrons. The molecule has 4 rings (SSSR count). The van der Waals surface area contributed by atoms with Crippen molar-refractivity contribution in [3.63, 3.8) is 0 Å². The summed E-state index contributed by atoms with van der Waals surface area (Å²) in [5, 5.41) is 6.74. The van der Waals surface area contributed by atoms with Gasteiger partial charge in [-0.1, -0.05) is 24.3 Å². The normalized spacial score (nSPS) is 14.6. The molecule has 19 heavy (non-hydrogen) atoms. The van der Waals surface area contributed by atoms with E-state index in [4.69, 9.17) is 0 Å². The fourth-order valence-corrected chi connectivity index (χ4v) is 3.26. The minimum absolute atomic E-state index is 0.853. The van der Waals surface area contributed by atoms with Crippen molar-refractivity contribution >= 4 is 28.2 Å². The number of fused-ring (bicyclic) bond motifs is 1. The zero-order chi connectivity index (χ0) is 12.7. The number of benzene rings is 1. The van der Waals surface area contributed by atoms with Crippen molar-refractivity contribution in [2.45, 2.75) is 0 Å². The van der Waals surface area contributed by atoms with Gasteiger partial charge in [0.05, 0.1) is 22.6 Å². The Hall–Kier alpha value is -2.07. The molecule has 0 aliphatic carbocycles. The van der Waals surface area contributed by atoms with Gasteiger partial charge in [-0.3, -0.25) is 9.56 Å². The van der Waals surface area contributed by atoms with Gasteiger partial charge in [-0.25, -0.2) is 0 Å². The van der Waals surface area contributed by atoms with E-state index in [1.54, 1.807) is 11.3 Å². The van der Waals surface area contributed by atoms with Crippen molar-refractivity contribution in [1.29, 1.82) is 0 Å². The minimum atomic E-state index is 0.853. The van der Waals surface area contributed by atoms with Gasteiger partial charge in [-0.05, 0) is 23.6 Å². The van der Waals surface area contributed by atoms with Crippen LogP contribution in [0.5, 0.6) is 0 Å². The van der Waals surface area contributed by atoms with Gasteiger partial charge in [0.15, 0.2) is 0 Å². The number of hydrogen-bond donors (Lipinski definition) is 1. The molecule has 3 nitrogen and oxygen atoms in total. The van der Waals surface area contributed by atoms with E-state index in [1.807, 2.05) is 0 Å². The molecule has 0 fully saturated rings. The molecule has 2 aromatic heterocycles. The molecule has 0 saturated heterocycles. The highest BCUT2D eigenvalue weighted by Gasteiger charge is 2.17. The van der Waals surface area contributed by atoms with Crippen LogP contribution in [0.3, 0.4) is 0 Å². The summed E-state index contributed by atoms with van der Waals surface area (Å²) in [5.74, 6) is 0.963. The second kappa shape index (κ2) is 4.24. The average Bonchev–Trinajstić information content (AvgIpc) is 3.17. The molecule has 1 aliphatic rings. The van der Waals surface area contributed by atoms with Gasteiger partial charge in [0.25, 0.3) is 0 Å². The van der Waals surface area contributed by atoms with Crippen LogP contribution < -0.4 is 5.32 Å². The maximum absolute atomic E-state index is 4.57. The summed E-state index contributed by atoms with van der Waals surface area (Å²) in [6, 6.07) is 14.9. The van der Waals surface area contributed by atoms with Crippen LogP contribution >= 0.6 is 11.3 Å². The Bertz CT molecular complexity index is 753. The number of thiophene rings is 1. The van der Waals surface area contributed by atoms with Crippen LogP contribution in [-0.2, 0) is 0 Å². The first-order valence-corrected chi connectivity index (χ1v) is 7.24. The standard InChI is InChI=1S/C15H13N3S/c1-2-5-12-11(4-1)10-13(14-6-3-9-19-14)18(12)15-16-7-8-17-15/h1-6,9-10H,7-8H2,(H,16,17). The maximum atomic E-state index is 4.57. The highest BCUT2D eigenvalue weighted by atomic mass is 32.1. The fraction of sp³-hybridized carbons (Fsp3) is 0.133. The molecule has 0 saturated carbocycles. The van der Waals surface area contributed by atoms with E-state index in [-0.39, 0.29) is 0 Å². The Morgan fingerprint density at radius 2 is 2.11 bits per heavy atom. The third-order valence-corrected chi connectivity index (χ3v) is 4.25. The first kappa shape index (κ1) is 10.8. The Morgan fingerprint density at radius 3 is 2.89 bits per heavy atom. The lowest BCUT2D eigenvalue weighted by molar-refractivity contribution is 0.945. The van der Waals surface area contributed by atoms with Crippen LogP contribution in [0.15, 0.2) is 52.8 Å². The van der Waals surface area contributed by atoms with E-state index >= 15 is 0 Å². The Balaban J connectivity index is 2.04. The minimum Gasteiger partial charge on any atom is -0.354 e. The summed E-state index contributed by atoms with van der Waals surface area (Å²) < 4.78 is 2.23. The summed E-state index contributed by atoms with van der Waals surface area (Å²) >= 11 is 1.76. The summed E-state index contributed by atoms with van der Waals surface area (Å²) in [6.07, 6.45) is 0. The van der Waals surface area contributed by atoms with E-state index in [2.05, 4.69) is 62.7 Å². The quantitative estimate of drug-likeness (QED) is 0.721. The molecule has 3 aromatic rings. The molecule has 0 amide bonds. The topological polar surface area (TPSA) is 29.3 Å². The van der Waals surface area contributed by atoms with Gasteiger partial charge in [0.1, 0.15) is 0 Å². The van der Waals surface area contributed by atoms with Crippen LogP contribution in [0.4, 0.5) is 0 Å². The number of nitrogens with zero attached hydrogens (tertiary/aromatic N) is 2. The molecule has 1 aliphatic heterocycles.